The van der Waals surface area contributed by atoms with Crippen LogP contribution in [0.1, 0.15) is 18.4 Å². The zero-order chi connectivity index (χ0) is 12.5. The second kappa shape index (κ2) is 4.16. The monoisotopic (exact) mass is 236 g/mol. The number of primary amides is 1. The van der Waals surface area contributed by atoms with Crippen LogP contribution in [-0.2, 0) is 15.0 Å². The maximum Gasteiger partial charge on any atom is 0.309 e. The van der Waals surface area contributed by atoms with Gasteiger partial charge < -0.3 is 11.1 Å². The lowest BCUT2D eigenvalue weighted by Gasteiger charge is -2.15. The third kappa shape index (κ3) is 2.43. The first kappa shape index (κ1) is 11.6. The summed E-state index contributed by atoms with van der Waals surface area (Å²) in [4.78, 5) is 21.6. The topological polar surface area (TPSA) is 72.2 Å². The van der Waals surface area contributed by atoms with Gasteiger partial charge in [0.25, 0.3) is 0 Å². The molecule has 0 unspecified atom stereocenters. The van der Waals surface area contributed by atoms with Crippen molar-refractivity contribution in [1.29, 1.82) is 0 Å². The van der Waals surface area contributed by atoms with Crippen molar-refractivity contribution in [3.63, 3.8) is 0 Å². The van der Waals surface area contributed by atoms with Gasteiger partial charge >= 0.3 is 11.8 Å². The van der Waals surface area contributed by atoms with E-state index in [-0.39, 0.29) is 11.2 Å². The summed E-state index contributed by atoms with van der Waals surface area (Å²) >= 11 is 0. The molecule has 1 aliphatic rings. The fraction of sp³-hybridized carbons (Fsp3) is 0.333. The Bertz CT molecular complexity index is 452. The molecule has 3 N–H and O–H groups in total. The van der Waals surface area contributed by atoms with Crippen molar-refractivity contribution in [1.82, 2.24) is 5.32 Å². The molecule has 0 atom stereocenters. The maximum atomic E-state index is 12.8. The molecule has 0 aromatic heterocycles. The second-order valence-corrected chi connectivity index (χ2v) is 4.33. The molecule has 1 fully saturated rings. The highest BCUT2D eigenvalue weighted by atomic mass is 19.1. The van der Waals surface area contributed by atoms with E-state index in [1.807, 2.05) is 0 Å². The van der Waals surface area contributed by atoms with E-state index in [1.165, 1.54) is 12.1 Å². The van der Waals surface area contributed by atoms with E-state index in [0.29, 0.717) is 6.54 Å². The van der Waals surface area contributed by atoms with Gasteiger partial charge in [-0.3, -0.25) is 9.59 Å². The Morgan fingerprint density at radius 1 is 1.29 bits per heavy atom. The number of nitrogens with one attached hydrogen (secondary N) is 1. The molecule has 1 aliphatic carbocycles. The van der Waals surface area contributed by atoms with Crippen LogP contribution in [0, 0.1) is 5.82 Å². The fourth-order valence-electron chi connectivity index (χ4n) is 1.86. The minimum absolute atomic E-state index is 0.154. The number of carbonyl (C=O) groups excluding carboxylic acids is 2. The van der Waals surface area contributed by atoms with Gasteiger partial charge in [0.05, 0.1) is 0 Å². The van der Waals surface area contributed by atoms with Gasteiger partial charge in [0.1, 0.15) is 5.82 Å². The molecule has 0 bridgehead atoms. The number of halogens is 1. The predicted molar refractivity (Wildman–Crippen MR) is 59.5 cm³/mol. The first-order chi connectivity index (χ1) is 8.03. The van der Waals surface area contributed by atoms with Crippen LogP contribution in [0.2, 0.25) is 0 Å². The lowest BCUT2D eigenvalue weighted by Crippen LogP contribution is -2.40. The van der Waals surface area contributed by atoms with Crippen LogP contribution in [0.3, 0.4) is 0 Å². The molecule has 4 nitrogen and oxygen atoms in total. The average Bonchev–Trinajstić information content (AvgIpc) is 3.08. The molecular formula is C12H13FN2O2. The zero-order valence-corrected chi connectivity index (χ0v) is 9.20. The summed E-state index contributed by atoms with van der Waals surface area (Å²) in [6.45, 7) is 0.362. The molecule has 0 spiro atoms. The number of benzene rings is 1. The van der Waals surface area contributed by atoms with Gasteiger partial charge in [-0.1, -0.05) is 12.1 Å². The van der Waals surface area contributed by atoms with Gasteiger partial charge in [-0.2, -0.15) is 0 Å². The lowest BCUT2D eigenvalue weighted by molar-refractivity contribution is -0.137. The molecule has 0 aliphatic heterocycles. The Kier molecular flexibility index (Phi) is 2.83. The quantitative estimate of drug-likeness (QED) is 0.748. The fourth-order valence-corrected chi connectivity index (χ4v) is 1.86. The van der Waals surface area contributed by atoms with Crippen molar-refractivity contribution in [2.75, 3.05) is 6.54 Å². The molecule has 1 aromatic rings. The summed E-state index contributed by atoms with van der Waals surface area (Å²) < 4.78 is 12.8. The van der Waals surface area contributed by atoms with Gasteiger partial charge in [0.15, 0.2) is 0 Å². The Hall–Kier alpha value is -1.91. The van der Waals surface area contributed by atoms with Crippen LogP contribution in [0.5, 0.6) is 0 Å². The first-order valence-corrected chi connectivity index (χ1v) is 5.37. The molecule has 1 aromatic carbocycles. The van der Waals surface area contributed by atoms with Crippen molar-refractivity contribution in [3.05, 3.63) is 35.6 Å². The van der Waals surface area contributed by atoms with Crippen LogP contribution in [0.4, 0.5) is 4.39 Å². The van der Waals surface area contributed by atoms with E-state index in [4.69, 9.17) is 5.73 Å². The third-order valence-electron chi connectivity index (χ3n) is 3.12. The number of nitrogens with two attached hydrogens (primary N) is 1. The average molecular weight is 236 g/mol. The normalized spacial score (nSPS) is 16.3. The smallest absolute Gasteiger partial charge is 0.309 e. The van der Waals surface area contributed by atoms with Gasteiger partial charge in [-0.15, -0.1) is 0 Å². The molecule has 0 radical (unpaired) electrons. The third-order valence-corrected chi connectivity index (χ3v) is 3.12. The molecule has 0 heterocycles. The number of hydrogen-bond acceptors (Lipinski definition) is 2. The second-order valence-electron chi connectivity index (χ2n) is 4.33. The van der Waals surface area contributed by atoms with Crippen LogP contribution < -0.4 is 11.1 Å². The number of hydrogen-bond donors (Lipinski definition) is 2. The van der Waals surface area contributed by atoms with E-state index in [2.05, 4.69) is 5.32 Å². The van der Waals surface area contributed by atoms with E-state index >= 15 is 0 Å². The highest BCUT2D eigenvalue weighted by Crippen LogP contribution is 2.47. The Balaban J connectivity index is 2.03. The van der Waals surface area contributed by atoms with Crippen molar-refractivity contribution >= 4 is 11.8 Å². The SMILES string of the molecule is NC(=O)C(=O)NCC1(c2ccc(F)cc2)CC1. The van der Waals surface area contributed by atoms with Crippen LogP contribution in [0.25, 0.3) is 0 Å². The van der Waals surface area contributed by atoms with E-state index in [0.717, 1.165) is 18.4 Å². The zero-order valence-electron chi connectivity index (χ0n) is 9.20. The van der Waals surface area contributed by atoms with E-state index < -0.39 is 11.8 Å². The number of carbonyl (C=O) groups is 2. The Labute approximate surface area is 98.0 Å². The molecular weight excluding hydrogens is 223 g/mol. The Morgan fingerprint density at radius 2 is 1.88 bits per heavy atom. The minimum Gasteiger partial charge on any atom is -0.361 e. The highest BCUT2D eigenvalue weighted by Gasteiger charge is 2.44. The summed E-state index contributed by atoms with van der Waals surface area (Å²) in [6, 6.07) is 6.20. The molecule has 17 heavy (non-hydrogen) atoms. The first-order valence-electron chi connectivity index (χ1n) is 5.37. The van der Waals surface area contributed by atoms with E-state index in [1.54, 1.807) is 12.1 Å². The summed E-state index contributed by atoms with van der Waals surface area (Å²) in [7, 11) is 0. The van der Waals surface area contributed by atoms with Crippen molar-refractivity contribution in [3.8, 4) is 0 Å². The highest BCUT2D eigenvalue weighted by molar-refractivity contribution is 6.34. The molecule has 1 saturated carbocycles. The number of rotatable bonds is 3. The van der Waals surface area contributed by atoms with Gasteiger partial charge in [-0.25, -0.2) is 4.39 Å². The standard InChI is InChI=1S/C12H13FN2O2/c13-9-3-1-8(2-4-9)12(5-6-12)7-15-11(17)10(14)16/h1-4H,5-7H2,(H2,14,16)(H,15,17). The predicted octanol–water partition coefficient (Wildman–Crippen LogP) is 0.459. The minimum atomic E-state index is -0.986. The van der Waals surface area contributed by atoms with Crippen molar-refractivity contribution in [2.24, 2.45) is 5.73 Å². The van der Waals surface area contributed by atoms with Gasteiger partial charge in [0, 0.05) is 12.0 Å². The van der Waals surface area contributed by atoms with Crippen molar-refractivity contribution < 1.29 is 14.0 Å². The summed E-state index contributed by atoms with van der Waals surface area (Å²) in [6.07, 6.45) is 1.83. The summed E-state index contributed by atoms with van der Waals surface area (Å²) in [5, 5.41) is 2.49. The molecule has 0 saturated heterocycles. The summed E-state index contributed by atoms with van der Waals surface area (Å²) in [5.74, 6) is -2.05. The largest absolute Gasteiger partial charge is 0.361 e. The molecule has 2 amide bonds. The van der Waals surface area contributed by atoms with Crippen LogP contribution >= 0.6 is 0 Å². The van der Waals surface area contributed by atoms with Crippen molar-refractivity contribution in [2.45, 2.75) is 18.3 Å². The Morgan fingerprint density at radius 3 is 2.35 bits per heavy atom. The van der Waals surface area contributed by atoms with Crippen LogP contribution in [-0.4, -0.2) is 18.4 Å². The molecule has 5 heteroatoms. The van der Waals surface area contributed by atoms with E-state index in [9.17, 15) is 14.0 Å². The molecule has 2 rings (SSSR count). The van der Waals surface area contributed by atoms with Gasteiger partial charge in [0.2, 0.25) is 0 Å². The van der Waals surface area contributed by atoms with Crippen LogP contribution in [0.15, 0.2) is 24.3 Å². The number of amides is 2. The van der Waals surface area contributed by atoms with Gasteiger partial charge in [-0.05, 0) is 30.5 Å². The molecule has 90 valence electrons. The summed E-state index contributed by atoms with van der Waals surface area (Å²) in [5.41, 5.74) is 5.67. The lowest BCUT2D eigenvalue weighted by atomic mass is 9.96. The maximum absolute atomic E-state index is 12.8.